The highest BCUT2D eigenvalue weighted by atomic mass is 16.5. The van der Waals surface area contributed by atoms with Gasteiger partial charge in [0.05, 0.1) is 7.11 Å². The average Bonchev–Trinajstić information content (AvgIpc) is 2.61. The molecule has 1 aromatic carbocycles. The molecule has 23 heavy (non-hydrogen) atoms. The highest BCUT2D eigenvalue weighted by molar-refractivity contribution is 5.44. The number of nitrogens with one attached hydrogen (secondary N) is 1. The Morgan fingerprint density at radius 2 is 1.83 bits per heavy atom. The summed E-state index contributed by atoms with van der Waals surface area (Å²) in [5.74, 6) is 2.61. The van der Waals surface area contributed by atoms with Crippen LogP contribution in [0.4, 0.5) is 11.8 Å². The van der Waals surface area contributed by atoms with E-state index in [1.165, 1.54) is 24.8 Å². The summed E-state index contributed by atoms with van der Waals surface area (Å²) in [5.41, 5.74) is 2.19. The van der Waals surface area contributed by atoms with Gasteiger partial charge in [0.1, 0.15) is 11.6 Å². The number of anilines is 2. The predicted molar refractivity (Wildman–Crippen MR) is 93.2 cm³/mol. The lowest BCUT2D eigenvalue weighted by atomic mass is 10.1. The predicted octanol–water partition coefficient (Wildman–Crippen LogP) is 3.40. The molecule has 0 spiro atoms. The minimum Gasteiger partial charge on any atom is -0.497 e. The first-order chi connectivity index (χ1) is 11.2. The van der Waals surface area contributed by atoms with E-state index in [1.807, 2.05) is 25.1 Å². The lowest BCUT2D eigenvalue weighted by Crippen LogP contribution is -2.31. The van der Waals surface area contributed by atoms with E-state index in [2.05, 4.69) is 32.3 Å². The lowest BCUT2D eigenvalue weighted by Gasteiger charge is -2.27. The molecule has 0 saturated carbocycles. The van der Waals surface area contributed by atoms with Gasteiger partial charge in [0.15, 0.2) is 0 Å². The van der Waals surface area contributed by atoms with Crippen LogP contribution in [0.15, 0.2) is 30.3 Å². The van der Waals surface area contributed by atoms with Gasteiger partial charge in [-0.15, -0.1) is 0 Å². The molecule has 1 aliphatic rings. The zero-order valence-corrected chi connectivity index (χ0v) is 13.9. The molecule has 2 aromatic rings. The molecule has 1 N–H and O–H groups in total. The third-order valence-corrected chi connectivity index (χ3v) is 4.11. The van der Waals surface area contributed by atoms with Gasteiger partial charge < -0.3 is 15.0 Å². The highest BCUT2D eigenvalue weighted by Crippen LogP contribution is 2.19. The highest BCUT2D eigenvalue weighted by Gasteiger charge is 2.14. The molecule has 0 bridgehead atoms. The van der Waals surface area contributed by atoms with Crippen LogP contribution < -0.4 is 15.0 Å². The van der Waals surface area contributed by atoms with Crippen molar-refractivity contribution in [3.63, 3.8) is 0 Å². The number of hydrogen-bond acceptors (Lipinski definition) is 5. The third kappa shape index (κ3) is 4.12. The fourth-order valence-corrected chi connectivity index (χ4v) is 2.81. The van der Waals surface area contributed by atoms with Crippen LogP contribution in [0.3, 0.4) is 0 Å². The Morgan fingerprint density at radius 1 is 1.09 bits per heavy atom. The molecule has 1 fully saturated rings. The summed E-state index contributed by atoms with van der Waals surface area (Å²) in [7, 11) is 1.68. The number of piperidine rings is 1. The first kappa shape index (κ1) is 15.6. The molecule has 1 aromatic heterocycles. The molecule has 5 heteroatoms. The first-order valence-electron chi connectivity index (χ1n) is 8.22. The van der Waals surface area contributed by atoms with Crippen molar-refractivity contribution in [2.24, 2.45) is 0 Å². The van der Waals surface area contributed by atoms with Crippen LogP contribution in [0.1, 0.15) is 30.5 Å². The lowest BCUT2D eigenvalue weighted by molar-refractivity contribution is 0.414. The fraction of sp³-hybridized carbons (Fsp3) is 0.444. The van der Waals surface area contributed by atoms with Gasteiger partial charge in [0.25, 0.3) is 0 Å². The van der Waals surface area contributed by atoms with Crippen molar-refractivity contribution >= 4 is 11.8 Å². The Kier molecular flexibility index (Phi) is 4.95. The minimum absolute atomic E-state index is 0.736. The van der Waals surface area contributed by atoms with Crippen LogP contribution in [-0.2, 0) is 6.54 Å². The van der Waals surface area contributed by atoms with Gasteiger partial charge >= 0.3 is 0 Å². The molecule has 5 nitrogen and oxygen atoms in total. The molecule has 0 amide bonds. The van der Waals surface area contributed by atoms with Gasteiger partial charge in [-0.05, 0) is 43.9 Å². The standard InChI is InChI=1S/C18H24N4O/c1-14-12-17(19-13-15-6-8-16(23-2)9-7-15)21-18(20-14)22-10-4-3-5-11-22/h6-9,12H,3-5,10-11,13H2,1-2H3,(H,19,20,21). The van der Waals surface area contributed by atoms with E-state index < -0.39 is 0 Å². The second-order valence-electron chi connectivity index (χ2n) is 5.94. The Balaban J connectivity index is 1.68. The van der Waals surface area contributed by atoms with Gasteiger partial charge in [-0.2, -0.15) is 4.98 Å². The van der Waals surface area contributed by atoms with Crippen LogP contribution in [0.25, 0.3) is 0 Å². The number of benzene rings is 1. The van der Waals surface area contributed by atoms with Gasteiger partial charge in [-0.3, -0.25) is 0 Å². The first-order valence-corrected chi connectivity index (χ1v) is 8.22. The topological polar surface area (TPSA) is 50.3 Å². The average molecular weight is 312 g/mol. The van der Waals surface area contributed by atoms with Crippen LogP contribution in [0.2, 0.25) is 0 Å². The van der Waals surface area contributed by atoms with E-state index in [4.69, 9.17) is 4.74 Å². The number of rotatable bonds is 5. The zero-order valence-electron chi connectivity index (χ0n) is 13.9. The normalized spacial score (nSPS) is 14.6. The number of nitrogens with zero attached hydrogens (tertiary/aromatic N) is 3. The van der Waals surface area contributed by atoms with Crippen molar-refractivity contribution in [1.29, 1.82) is 0 Å². The number of aromatic nitrogens is 2. The van der Waals surface area contributed by atoms with Crippen molar-refractivity contribution in [1.82, 2.24) is 9.97 Å². The molecule has 1 saturated heterocycles. The summed E-state index contributed by atoms with van der Waals surface area (Å²) in [6.45, 7) is 4.87. The second kappa shape index (κ2) is 7.31. The number of hydrogen-bond donors (Lipinski definition) is 1. The summed E-state index contributed by atoms with van der Waals surface area (Å²) in [4.78, 5) is 11.6. The van der Waals surface area contributed by atoms with Crippen molar-refractivity contribution < 1.29 is 4.74 Å². The van der Waals surface area contributed by atoms with Crippen LogP contribution in [0, 0.1) is 6.92 Å². The van der Waals surface area contributed by atoms with E-state index >= 15 is 0 Å². The Labute approximate surface area is 137 Å². The van der Waals surface area contributed by atoms with Gasteiger partial charge in [0, 0.05) is 31.4 Å². The molecule has 1 aliphatic heterocycles. The van der Waals surface area contributed by atoms with E-state index in [9.17, 15) is 0 Å². The zero-order chi connectivity index (χ0) is 16.1. The second-order valence-corrected chi connectivity index (χ2v) is 5.94. The maximum Gasteiger partial charge on any atom is 0.227 e. The summed E-state index contributed by atoms with van der Waals surface area (Å²) in [6.07, 6.45) is 3.77. The molecule has 3 rings (SSSR count). The Hall–Kier alpha value is -2.30. The molecule has 0 atom stereocenters. The van der Waals surface area contributed by atoms with Crippen LogP contribution in [-0.4, -0.2) is 30.2 Å². The number of aryl methyl sites for hydroxylation is 1. The van der Waals surface area contributed by atoms with Crippen molar-refractivity contribution in [3.8, 4) is 5.75 Å². The molecule has 0 radical (unpaired) electrons. The molecular formula is C18H24N4O. The van der Waals surface area contributed by atoms with E-state index in [0.717, 1.165) is 42.8 Å². The summed E-state index contributed by atoms with van der Waals surface area (Å²) >= 11 is 0. The van der Waals surface area contributed by atoms with Crippen molar-refractivity contribution in [2.75, 3.05) is 30.4 Å². The quantitative estimate of drug-likeness (QED) is 0.917. The smallest absolute Gasteiger partial charge is 0.227 e. The van der Waals surface area contributed by atoms with E-state index in [1.54, 1.807) is 7.11 Å². The maximum atomic E-state index is 5.18. The summed E-state index contributed by atoms with van der Waals surface area (Å²) in [5, 5.41) is 3.40. The monoisotopic (exact) mass is 312 g/mol. The number of methoxy groups -OCH3 is 1. The summed E-state index contributed by atoms with van der Waals surface area (Å²) in [6, 6.07) is 10.1. The Bertz CT molecular complexity index is 636. The number of ether oxygens (including phenoxy) is 1. The van der Waals surface area contributed by atoms with E-state index in [-0.39, 0.29) is 0 Å². The van der Waals surface area contributed by atoms with Crippen molar-refractivity contribution in [2.45, 2.75) is 32.7 Å². The maximum absolute atomic E-state index is 5.18. The minimum atomic E-state index is 0.736. The van der Waals surface area contributed by atoms with Gasteiger partial charge in [-0.25, -0.2) is 4.98 Å². The largest absolute Gasteiger partial charge is 0.497 e. The summed E-state index contributed by atoms with van der Waals surface area (Å²) < 4.78 is 5.18. The van der Waals surface area contributed by atoms with Gasteiger partial charge in [0.2, 0.25) is 5.95 Å². The third-order valence-electron chi connectivity index (χ3n) is 4.11. The van der Waals surface area contributed by atoms with Crippen LogP contribution in [0.5, 0.6) is 5.75 Å². The van der Waals surface area contributed by atoms with Gasteiger partial charge in [-0.1, -0.05) is 12.1 Å². The molecular weight excluding hydrogens is 288 g/mol. The molecule has 0 aliphatic carbocycles. The van der Waals surface area contributed by atoms with Crippen molar-refractivity contribution in [3.05, 3.63) is 41.6 Å². The fourth-order valence-electron chi connectivity index (χ4n) is 2.81. The molecule has 2 heterocycles. The Morgan fingerprint density at radius 3 is 2.52 bits per heavy atom. The van der Waals surface area contributed by atoms with Crippen LogP contribution >= 0.6 is 0 Å². The molecule has 122 valence electrons. The SMILES string of the molecule is COc1ccc(CNc2cc(C)nc(N3CCCCC3)n2)cc1. The van der Waals surface area contributed by atoms with E-state index in [0.29, 0.717) is 0 Å². The molecule has 0 unspecified atom stereocenters.